The molecule has 6 heteroatoms. The van der Waals surface area contributed by atoms with E-state index < -0.39 is 0 Å². The van der Waals surface area contributed by atoms with E-state index in [0.29, 0.717) is 6.01 Å². The van der Waals surface area contributed by atoms with Crippen molar-refractivity contribution in [3.63, 3.8) is 0 Å². The quantitative estimate of drug-likeness (QED) is 0.676. The summed E-state index contributed by atoms with van der Waals surface area (Å²) in [5, 5.41) is 7.62. The number of hydrogen-bond donors (Lipinski definition) is 2. The Labute approximate surface area is 90.7 Å². The second-order valence-corrected chi connectivity index (χ2v) is 3.29. The lowest BCUT2D eigenvalue weighted by Gasteiger charge is -2.02. The number of nitrogens with one attached hydrogen (secondary N) is 2. The minimum atomic E-state index is 0.339. The van der Waals surface area contributed by atoms with Gasteiger partial charge in [0.05, 0.1) is 19.0 Å². The van der Waals surface area contributed by atoms with Crippen molar-refractivity contribution in [3.8, 4) is 17.3 Å². The highest BCUT2D eigenvalue weighted by Gasteiger charge is 2.11. The molecule has 0 spiro atoms. The highest BCUT2D eigenvalue weighted by molar-refractivity contribution is 5.90. The minimum Gasteiger partial charge on any atom is -0.467 e. The van der Waals surface area contributed by atoms with E-state index in [1.54, 1.807) is 19.5 Å². The molecule has 3 rings (SSSR count). The van der Waals surface area contributed by atoms with Crippen molar-refractivity contribution in [2.24, 2.45) is 0 Å². The van der Waals surface area contributed by atoms with Crippen LogP contribution in [0.3, 0.4) is 0 Å². The minimum absolute atomic E-state index is 0.339. The molecule has 0 saturated heterocycles. The van der Waals surface area contributed by atoms with Crippen LogP contribution in [0.1, 0.15) is 0 Å². The van der Waals surface area contributed by atoms with Gasteiger partial charge in [-0.2, -0.15) is 15.1 Å². The standard InChI is InChI=1S/C10H9N5O/c1-16-10-14-8(6-4-12-13-5-6)7-2-3-11-9(7)15-10/h2-5H,1H3,(H,12,13)(H,11,14,15). The predicted molar refractivity (Wildman–Crippen MR) is 58.0 cm³/mol. The number of fused-ring (bicyclic) bond motifs is 1. The molecule has 0 fully saturated rings. The first-order chi connectivity index (χ1) is 7.88. The predicted octanol–water partition coefficient (Wildman–Crippen LogP) is 1.36. The van der Waals surface area contributed by atoms with Crippen LogP contribution in [0, 0.1) is 0 Å². The maximum Gasteiger partial charge on any atom is 0.318 e. The molecule has 0 aromatic carbocycles. The van der Waals surface area contributed by atoms with Gasteiger partial charge in [0, 0.05) is 23.3 Å². The first-order valence-electron chi connectivity index (χ1n) is 4.77. The fraction of sp³-hybridized carbons (Fsp3) is 0.100. The Kier molecular flexibility index (Phi) is 1.86. The van der Waals surface area contributed by atoms with Gasteiger partial charge in [-0.3, -0.25) is 5.10 Å². The summed E-state index contributed by atoms with van der Waals surface area (Å²) in [4.78, 5) is 11.6. The van der Waals surface area contributed by atoms with Gasteiger partial charge in [0.1, 0.15) is 5.65 Å². The first-order valence-corrected chi connectivity index (χ1v) is 4.77. The zero-order chi connectivity index (χ0) is 11.0. The number of ether oxygens (including phenoxy) is 1. The van der Waals surface area contributed by atoms with Crippen LogP contribution in [-0.2, 0) is 0 Å². The summed E-state index contributed by atoms with van der Waals surface area (Å²) in [7, 11) is 1.54. The van der Waals surface area contributed by atoms with E-state index in [2.05, 4.69) is 25.1 Å². The molecule has 3 aromatic rings. The Bertz CT molecular complexity index is 613. The molecule has 0 radical (unpaired) electrons. The fourth-order valence-electron chi connectivity index (χ4n) is 1.61. The normalized spacial score (nSPS) is 10.8. The maximum absolute atomic E-state index is 5.06. The third kappa shape index (κ3) is 1.23. The molecule has 0 atom stereocenters. The molecule has 6 nitrogen and oxygen atoms in total. The van der Waals surface area contributed by atoms with E-state index in [9.17, 15) is 0 Å². The zero-order valence-corrected chi connectivity index (χ0v) is 8.56. The number of aromatic nitrogens is 5. The lowest BCUT2D eigenvalue weighted by Crippen LogP contribution is -1.94. The van der Waals surface area contributed by atoms with Crippen molar-refractivity contribution in [2.75, 3.05) is 7.11 Å². The van der Waals surface area contributed by atoms with Gasteiger partial charge in [-0.1, -0.05) is 0 Å². The van der Waals surface area contributed by atoms with Gasteiger partial charge in [0.25, 0.3) is 0 Å². The molecule has 0 amide bonds. The molecule has 0 unspecified atom stereocenters. The Morgan fingerprint density at radius 2 is 2.25 bits per heavy atom. The maximum atomic E-state index is 5.06. The summed E-state index contributed by atoms with van der Waals surface area (Å²) in [5.74, 6) is 0. The van der Waals surface area contributed by atoms with Crippen LogP contribution in [0.5, 0.6) is 6.01 Å². The monoisotopic (exact) mass is 215 g/mol. The average Bonchev–Trinajstić information content (AvgIpc) is 2.98. The summed E-state index contributed by atoms with van der Waals surface area (Å²) in [5.41, 5.74) is 2.46. The number of aromatic amines is 2. The van der Waals surface area contributed by atoms with Gasteiger partial charge in [-0.15, -0.1) is 0 Å². The van der Waals surface area contributed by atoms with Crippen molar-refractivity contribution in [1.82, 2.24) is 25.1 Å². The Morgan fingerprint density at radius 1 is 1.31 bits per heavy atom. The summed E-state index contributed by atoms with van der Waals surface area (Å²) in [6.07, 6.45) is 5.32. The van der Waals surface area contributed by atoms with Crippen LogP contribution in [0.2, 0.25) is 0 Å². The van der Waals surface area contributed by atoms with Crippen LogP contribution < -0.4 is 4.74 Å². The van der Waals surface area contributed by atoms with Crippen LogP contribution in [-0.4, -0.2) is 32.3 Å². The zero-order valence-electron chi connectivity index (χ0n) is 8.56. The molecular formula is C10H9N5O. The molecule has 80 valence electrons. The summed E-state index contributed by atoms with van der Waals surface area (Å²) in [6, 6.07) is 2.27. The number of H-pyrrole nitrogens is 2. The lowest BCUT2D eigenvalue weighted by molar-refractivity contribution is 0.382. The van der Waals surface area contributed by atoms with Gasteiger partial charge in [-0.25, -0.2) is 0 Å². The molecule has 16 heavy (non-hydrogen) atoms. The number of hydrogen-bond acceptors (Lipinski definition) is 4. The van der Waals surface area contributed by atoms with E-state index >= 15 is 0 Å². The van der Waals surface area contributed by atoms with Crippen LogP contribution in [0.4, 0.5) is 0 Å². The summed E-state index contributed by atoms with van der Waals surface area (Å²) >= 11 is 0. The molecule has 2 N–H and O–H groups in total. The number of methoxy groups -OCH3 is 1. The topological polar surface area (TPSA) is 79.5 Å². The van der Waals surface area contributed by atoms with Gasteiger partial charge >= 0.3 is 6.01 Å². The summed E-state index contributed by atoms with van der Waals surface area (Å²) < 4.78 is 5.06. The Balaban J connectivity index is 2.33. The second-order valence-electron chi connectivity index (χ2n) is 3.29. The highest BCUT2D eigenvalue weighted by Crippen LogP contribution is 2.26. The smallest absolute Gasteiger partial charge is 0.318 e. The van der Waals surface area contributed by atoms with Crippen molar-refractivity contribution in [2.45, 2.75) is 0 Å². The fourth-order valence-corrected chi connectivity index (χ4v) is 1.61. The second kappa shape index (κ2) is 3.34. The molecule has 0 saturated carbocycles. The average molecular weight is 215 g/mol. The lowest BCUT2D eigenvalue weighted by atomic mass is 10.2. The first kappa shape index (κ1) is 8.90. The molecule has 0 aliphatic rings. The number of nitrogens with zero attached hydrogens (tertiary/aromatic N) is 3. The van der Waals surface area contributed by atoms with E-state index in [0.717, 1.165) is 22.3 Å². The molecule has 3 heterocycles. The third-order valence-corrected chi connectivity index (χ3v) is 2.35. The van der Waals surface area contributed by atoms with E-state index in [-0.39, 0.29) is 0 Å². The van der Waals surface area contributed by atoms with E-state index in [1.807, 2.05) is 12.3 Å². The van der Waals surface area contributed by atoms with Gasteiger partial charge in [0.15, 0.2) is 0 Å². The number of rotatable bonds is 2. The van der Waals surface area contributed by atoms with Gasteiger partial charge < -0.3 is 9.72 Å². The van der Waals surface area contributed by atoms with Crippen LogP contribution in [0.25, 0.3) is 22.3 Å². The molecule has 0 aliphatic carbocycles. The van der Waals surface area contributed by atoms with Gasteiger partial charge in [0.2, 0.25) is 0 Å². The SMILES string of the molecule is COc1nc(-c2cn[nH]c2)c2cc[nH]c2n1. The van der Waals surface area contributed by atoms with Crippen molar-refractivity contribution in [1.29, 1.82) is 0 Å². The Hall–Kier alpha value is -2.37. The molecule has 3 aromatic heterocycles. The molecular weight excluding hydrogens is 206 g/mol. The van der Waals surface area contributed by atoms with Gasteiger partial charge in [-0.05, 0) is 6.07 Å². The third-order valence-electron chi connectivity index (χ3n) is 2.35. The largest absolute Gasteiger partial charge is 0.467 e. The molecule has 0 bridgehead atoms. The van der Waals surface area contributed by atoms with Crippen LogP contribution >= 0.6 is 0 Å². The van der Waals surface area contributed by atoms with Crippen molar-refractivity contribution >= 4 is 11.0 Å². The van der Waals surface area contributed by atoms with Crippen molar-refractivity contribution < 1.29 is 4.74 Å². The van der Waals surface area contributed by atoms with Crippen LogP contribution in [0.15, 0.2) is 24.7 Å². The van der Waals surface area contributed by atoms with E-state index in [1.165, 1.54) is 0 Å². The summed E-state index contributed by atoms with van der Waals surface area (Å²) in [6.45, 7) is 0. The van der Waals surface area contributed by atoms with E-state index in [4.69, 9.17) is 4.74 Å². The van der Waals surface area contributed by atoms with Crippen molar-refractivity contribution in [3.05, 3.63) is 24.7 Å². The highest BCUT2D eigenvalue weighted by atomic mass is 16.5. The molecule has 0 aliphatic heterocycles. The Morgan fingerprint density at radius 3 is 3.00 bits per heavy atom.